The Kier molecular flexibility index (Phi) is 8.75. The number of rotatable bonds is 10. The maximum absolute atomic E-state index is 13.9. The molecule has 5 heteroatoms. The van der Waals surface area contributed by atoms with E-state index in [4.69, 9.17) is 9.47 Å². The fourth-order valence-corrected chi connectivity index (χ4v) is 1.87. The zero-order valence-electron chi connectivity index (χ0n) is 15.5. The molecule has 1 N–H and O–H groups in total. The third kappa shape index (κ3) is 9.55. The molecule has 0 aromatic heterocycles. The van der Waals surface area contributed by atoms with Gasteiger partial charge in [-0.25, -0.2) is 4.39 Å². The number of unbranched alkanes of at least 4 members (excludes halogenated alkanes) is 1. The quantitative estimate of drug-likeness (QED) is 0.488. The van der Waals surface area contributed by atoms with Crippen LogP contribution in [-0.4, -0.2) is 25.0 Å². The van der Waals surface area contributed by atoms with Gasteiger partial charge in [0.25, 0.3) is 0 Å². The average molecular weight is 349 g/mol. The molecule has 4 nitrogen and oxygen atoms in total. The normalized spacial score (nSPS) is 12.7. The lowest BCUT2D eigenvalue weighted by Gasteiger charge is -2.24. The number of benzene rings is 1. The molecule has 25 heavy (non-hydrogen) atoms. The van der Waals surface area contributed by atoms with E-state index >= 15 is 0 Å². The summed E-state index contributed by atoms with van der Waals surface area (Å²) in [5.74, 6) is 0.794. The summed E-state index contributed by atoms with van der Waals surface area (Å²) in [6.07, 6.45) is 6.05. The first kappa shape index (κ1) is 20.7. The van der Waals surface area contributed by atoms with Crippen LogP contribution < -0.4 is 10.1 Å². The zero-order chi connectivity index (χ0) is 18.7. The van der Waals surface area contributed by atoms with E-state index in [2.05, 4.69) is 12.2 Å². The summed E-state index contributed by atoms with van der Waals surface area (Å²) < 4.78 is 25.0. The maximum Gasteiger partial charge on any atom is 0.183 e. The Morgan fingerprint density at radius 1 is 1.20 bits per heavy atom. The minimum atomic E-state index is -0.377. The van der Waals surface area contributed by atoms with Gasteiger partial charge < -0.3 is 14.8 Å². The molecule has 0 aliphatic heterocycles. The first-order valence-corrected chi connectivity index (χ1v) is 8.49. The summed E-state index contributed by atoms with van der Waals surface area (Å²) in [6.45, 7) is 8.14. The molecule has 0 bridgehead atoms. The predicted molar refractivity (Wildman–Crippen MR) is 98.3 cm³/mol. The fraction of sp³-hybridized carbons (Fsp3) is 0.450. The van der Waals surface area contributed by atoms with Crippen LogP contribution in [0.3, 0.4) is 0 Å². The van der Waals surface area contributed by atoms with Crippen LogP contribution in [0.1, 0.15) is 50.9 Å². The van der Waals surface area contributed by atoms with Gasteiger partial charge in [0.05, 0.1) is 0 Å². The molecule has 0 amide bonds. The molecule has 138 valence electrons. The largest absolute Gasteiger partial charge is 0.487 e. The highest BCUT2D eigenvalue weighted by Crippen LogP contribution is 2.14. The molecule has 0 spiro atoms. The van der Waals surface area contributed by atoms with E-state index in [0.717, 1.165) is 19.1 Å². The van der Waals surface area contributed by atoms with Crippen molar-refractivity contribution in [1.29, 1.82) is 0 Å². The van der Waals surface area contributed by atoms with Gasteiger partial charge >= 0.3 is 0 Å². The molecular weight excluding hydrogens is 321 g/mol. The molecule has 0 radical (unpaired) electrons. The second-order valence-corrected chi connectivity index (χ2v) is 6.58. The van der Waals surface area contributed by atoms with E-state index in [1.165, 1.54) is 6.08 Å². The maximum atomic E-state index is 13.9. The monoisotopic (exact) mass is 349 g/mol. The van der Waals surface area contributed by atoms with Gasteiger partial charge in [-0.1, -0.05) is 13.3 Å². The number of carbonyl (C=O) groups excluding carboxylic acids is 1. The minimum Gasteiger partial charge on any atom is -0.487 e. The van der Waals surface area contributed by atoms with Crippen LogP contribution in [0.25, 0.3) is 0 Å². The third-order valence-corrected chi connectivity index (χ3v) is 3.03. The van der Waals surface area contributed by atoms with Crippen LogP contribution in [0.2, 0.25) is 0 Å². The highest BCUT2D eigenvalue weighted by atomic mass is 19.1. The van der Waals surface area contributed by atoms with Gasteiger partial charge in [-0.2, -0.15) is 0 Å². The molecule has 0 aliphatic rings. The number of halogens is 1. The molecule has 1 aromatic rings. The Bertz CT molecular complexity index is 586. The highest BCUT2D eigenvalue weighted by Gasteiger charge is 2.13. The Labute approximate surface area is 149 Å². The van der Waals surface area contributed by atoms with Crippen LogP contribution in [0.4, 0.5) is 4.39 Å². The van der Waals surface area contributed by atoms with Crippen molar-refractivity contribution < 1.29 is 18.7 Å². The Hall–Kier alpha value is -2.30. The second kappa shape index (κ2) is 10.5. The number of hydrogen-bond donors (Lipinski definition) is 1. The Morgan fingerprint density at radius 3 is 2.44 bits per heavy atom. The van der Waals surface area contributed by atoms with Gasteiger partial charge in [-0.05, 0) is 63.6 Å². The number of allylic oxidation sites excluding steroid dienone is 1. The summed E-state index contributed by atoms with van der Waals surface area (Å²) in [4.78, 5) is 10.6. The number of nitrogens with one attached hydrogen (secondary N) is 1. The lowest BCUT2D eigenvalue weighted by molar-refractivity contribution is 0.0407. The summed E-state index contributed by atoms with van der Waals surface area (Å²) in [5.41, 5.74) is 0.240. The number of carbonyl (C=O) groups is 1. The van der Waals surface area contributed by atoms with Crippen molar-refractivity contribution in [3.05, 3.63) is 53.7 Å². The first-order chi connectivity index (χ1) is 11.8. The SMILES string of the molecule is CCCC=C(NC/C=C(/F)COc1ccc(C=O)cc1)OC(C)(C)C. The van der Waals surface area contributed by atoms with Gasteiger partial charge in [0, 0.05) is 12.1 Å². The summed E-state index contributed by atoms with van der Waals surface area (Å²) in [7, 11) is 0. The van der Waals surface area contributed by atoms with Crippen molar-refractivity contribution in [2.24, 2.45) is 0 Å². The third-order valence-electron chi connectivity index (χ3n) is 3.03. The van der Waals surface area contributed by atoms with E-state index in [1.807, 2.05) is 26.8 Å². The molecule has 0 atom stereocenters. The van der Waals surface area contributed by atoms with E-state index in [9.17, 15) is 9.18 Å². The molecule has 0 fully saturated rings. The summed E-state index contributed by atoms with van der Waals surface area (Å²) >= 11 is 0. The Morgan fingerprint density at radius 2 is 1.88 bits per heavy atom. The van der Waals surface area contributed by atoms with Gasteiger partial charge in [-0.3, -0.25) is 4.79 Å². The lowest BCUT2D eigenvalue weighted by Crippen LogP contribution is -2.26. The van der Waals surface area contributed by atoms with Crippen molar-refractivity contribution in [3.8, 4) is 5.75 Å². The van der Waals surface area contributed by atoms with E-state index in [1.54, 1.807) is 24.3 Å². The molecule has 0 unspecified atom stereocenters. The fourth-order valence-electron chi connectivity index (χ4n) is 1.87. The van der Waals surface area contributed by atoms with Crippen molar-refractivity contribution in [3.63, 3.8) is 0 Å². The van der Waals surface area contributed by atoms with Crippen LogP contribution in [0.5, 0.6) is 5.75 Å². The van der Waals surface area contributed by atoms with Crippen molar-refractivity contribution in [1.82, 2.24) is 5.32 Å². The molecule has 0 saturated heterocycles. The molecule has 1 rings (SSSR count). The van der Waals surface area contributed by atoms with E-state index in [-0.39, 0.29) is 18.0 Å². The summed E-state index contributed by atoms with van der Waals surface area (Å²) in [6, 6.07) is 6.52. The second-order valence-electron chi connectivity index (χ2n) is 6.58. The zero-order valence-corrected chi connectivity index (χ0v) is 15.5. The van der Waals surface area contributed by atoms with E-state index < -0.39 is 0 Å². The van der Waals surface area contributed by atoms with Crippen LogP contribution in [0, 0.1) is 0 Å². The van der Waals surface area contributed by atoms with Crippen molar-refractivity contribution in [2.45, 2.75) is 46.1 Å². The topological polar surface area (TPSA) is 47.6 Å². The number of aldehydes is 1. The Balaban J connectivity index is 2.47. The van der Waals surface area contributed by atoms with Crippen LogP contribution >= 0.6 is 0 Å². The van der Waals surface area contributed by atoms with E-state index in [0.29, 0.717) is 23.7 Å². The van der Waals surface area contributed by atoms with Gasteiger partial charge in [0.2, 0.25) is 0 Å². The minimum absolute atomic E-state index is 0.156. The van der Waals surface area contributed by atoms with Crippen LogP contribution in [-0.2, 0) is 4.74 Å². The van der Waals surface area contributed by atoms with Gasteiger partial charge in [0.1, 0.15) is 30.1 Å². The van der Waals surface area contributed by atoms with Crippen molar-refractivity contribution in [2.75, 3.05) is 13.2 Å². The molecular formula is C20H28FNO3. The van der Waals surface area contributed by atoms with Gasteiger partial charge in [-0.15, -0.1) is 0 Å². The number of ether oxygens (including phenoxy) is 2. The predicted octanol–water partition coefficient (Wildman–Crippen LogP) is 4.78. The number of hydrogen-bond acceptors (Lipinski definition) is 4. The smallest absolute Gasteiger partial charge is 0.183 e. The standard InChI is InChI=1S/C20H28FNO3/c1-5-6-7-19(25-20(2,3)4)22-13-12-17(21)15-24-18-10-8-16(14-23)9-11-18/h7-12,14,22H,5-6,13,15H2,1-4H3/b17-12+,19-7?. The first-order valence-electron chi connectivity index (χ1n) is 8.49. The lowest BCUT2D eigenvalue weighted by atomic mass is 10.2. The molecule has 1 aromatic carbocycles. The van der Waals surface area contributed by atoms with Gasteiger partial charge in [0.15, 0.2) is 5.88 Å². The highest BCUT2D eigenvalue weighted by molar-refractivity contribution is 5.74. The molecule has 0 heterocycles. The molecule has 0 saturated carbocycles. The summed E-state index contributed by atoms with van der Waals surface area (Å²) in [5, 5.41) is 3.08. The van der Waals surface area contributed by atoms with Crippen LogP contribution in [0.15, 0.2) is 48.1 Å². The average Bonchev–Trinajstić information content (AvgIpc) is 2.57. The molecule has 0 aliphatic carbocycles. The van der Waals surface area contributed by atoms with Crippen molar-refractivity contribution >= 4 is 6.29 Å².